The van der Waals surface area contributed by atoms with Crippen LogP contribution in [0, 0.1) is 0 Å². The van der Waals surface area contributed by atoms with Gasteiger partial charge in [-0.3, -0.25) is 13.8 Å². The molecule has 3 N–H and O–H groups in total. The number of phosphoric acid groups is 1. The standard InChI is InChI=1S/C56H91N2O6P/c1-6-8-10-12-14-15-16-17-18-19-20-21-22-23-24-25-26-27-28-29-30-31-32-33-34-35-36-37-38-39-40-41-42-43-44-46-48-50-56(60)57-54(55(59)49-47-45-13-11-9-7-2)53-64-65(61,62)63-52-51-58(3,4)5/h8,10,14-15,17-18,20-21,23-24,26-27,29-30,32-33,35-36,38-39,41-42,47,49,54-55,59H,6-7,9,11-13,16,19,22,25,28,31,34,37,40,43-46,48,50-53H2,1-5H3,(H-,57,60,61,62)/p+1/b10-8-,15-14-,18-17-,21-20-,24-23-,27-26-,30-29-,33-32-,36-35-,39-38-,42-41-,49-47+. The number of allylic oxidation sites excluding steroid dienone is 23. The average molecular weight is 920 g/mol. The largest absolute Gasteiger partial charge is 0.472 e. The van der Waals surface area contributed by atoms with Crippen molar-refractivity contribution in [2.45, 2.75) is 161 Å². The van der Waals surface area contributed by atoms with Crippen LogP contribution < -0.4 is 5.32 Å². The first-order valence-corrected chi connectivity index (χ1v) is 26.2. The summed E-state index contributed by atoms with van der Waals surface area (Å²) in [7, 11) is 1.52. The van der Waals surface area contributed by atoms with E-state index in [2.05, 4.69) is 153 Å². The lowest BCUT2D eigenvalue weighted by Gasteiger charge is -2.25. The van der Waals surface area contributed by atoms with Crippen LogP contribution in [0.4, 0.5) is 0 Å². The Bertz CT molecular complexity index is 1560. The number of carbonyl (C=O) groups is 1. The Labute approximate surface area is 398 Å². The lowest BCUT2D eigenvalue weighted by Crippen LogP contribution is -2.45. The van der Waals surface area contributed by atoms with Crippen LogP contribution in [0.2, 0.25) is 0 Å². The molecule has 0 saturated heterocycles. The molecule has 3 atom stereocenters. The summed E-state index contributed by atoms with van der Waals surface area (Å²) in [4.78, 5) is 23.0. The third-order valence-electron chi connectivity index (χ3n) is 9.82. The maximum atomic E-state index is 12.8. The summed E-state index contributed by atoms with van der Waals surface area (Å²) < 4.78 is 23.4. The molecule has 8 nitrogen and oxygen atoms in total. The van der Waals surface area contributed by atoms with Crippen LogP contribution in [0.1, 0.15) is 149 Å². The second-order valence-corrected chi connectivity index (χ2v) is 18.6. The molecule has 0 saturated carbocycles. The fourth-order valence-corrected chi connectivity index (χ4v) is 6.66. The molecule has 0 aromatic heterocycles. The topological polar surface area (TPSA) is 105 Å². The molecule has 1 amide bonds. The van der Waals surface area contributed by atoms with Crippen molar-refractivity contribution in [2.75, 3.05) is 40.9 Å². The number of quaternary nitrogens is 1. The molecule has 0 radical (unpaired) electrons. The summed E-state index contributed by atoms with van der Waals surface area (Å²) in [6.07, 6.45) is 71.2. The zero-order chi connectivity index (χ0) is 47.8. The van der Waals surface area contributed by atoms with Crippen LogP contribution in [0.15, 0.2) is 146 Å². The number of hydrogen-bond acceptors (Lipinski definition) is 5. The maximum Gasteiger partial charge on any atom is 0.472 e. The molecule has 0 spiro atoms. The third-order valence-corrected chi connectivity index (χ3v) is 10.8. The van der Waals surface area contributed by atoms with Crippen LogP contribution in [0.5, 0.6) is 0 Å². The predicted molar refractivity (Wildman–Crippen MR) is 281 cm³/mol. The average Bonchev–Trinajstić information content (AvgIpc) is 3.26. The van der Waals surface area contributed by atoms with Crippen molar-refractivity contribution in [2.24, 2.45) is 0 Å². The van der Waals surface area contributed by atoms with Gasteiger partial charge in [-0.1, -0.05) is 185 Å². The highest BCUT2D eigenvalue weighted by Crippen LogP contribution is 2.43. The van der Waals surface area contributed by atoms with Gasteiger partial charge in [0.05, 0.1) is 39.9 Å². The number of likely N-dealkylation sites (N-methyl/N-ethyl adjacent to an activating group) is 1. The SMILES string of the molecule is CC/C=C\C/C=C\C/C=C\C/C=C\C/C=C\C/C=C\C/C=C\C/C=C\C/C=C\C/C=C\C/C=C\CCCCCC(=O)NC(COP(=O)(O)OCC[N+](C)(C)C)C(O)/C=C/CCCCCC. The van der Waals surface area contributed by atoms with Gasteiger partial charge in [0.15, 0.2) is 0 Å². The van der Waals surface area contributed by atoms with Gasteiger partial charge in [0.25, 0.3) is 0 Å². The monoisotopic (exact) mass is 920 g/mol. The Morgan fingerprint density at radius 3 is 1.32 bits per heavy atom. The number of phosphoric ester groups is 1. The smallest absolute Gasteiger partial charge is 0.387 e. The molecule has 0 aliphatic heterocycles. The van der Waals surface area contributed by atoms with Gasteiger partial charge >= 0.3 is 7.82 Å². The highest BCUT2D eigenvalue weighted by atomic mass is 31.2. The highest BCUT2D eigenvalue weighted by Gasteiger charge is 2.27. The molecular weight excluding hydrogens is 828 g/mol. The molecule has 0 fully saturated rings. The third kappa shape index (κ3) is 48.1. The molecule has 0 aromatic rings. The summed E-state index contributed by atoms with van der Waals surface area (Å²) in [6, 6.07) is -0.871. The molecule has 9 heteroatoms. The zero-order valence-corrected chi connectivity index (χ0v) is 42.3. The molecule has 0 aliphatic carbocycles. The second kappa shape index (κ2) is 45.5. The number of unbranched alkanes of at least 4 members (excludes halogenated alkanes) is 7. The highest BCUT2D eigenvalue weighted by molar-refractivity contribution is 7.47. The van der Waals surface area contributed by atoms with Crippen molar-refractivity contribution in [3.05, 3.63) is 146 Å². The number of amides is 1. The van der Waals surface area contributed by atoms with Crippen LogP contribution in [-0.2, 0) is 18.4 Å². The summed E-state index contributed by atoms with van der Waals surface area (Å²) in [5, 5.41) is 13.6. The molecule has 0 heterocycles. The van der Waals surface area contributed by atoms with Gasteiger partial charge in [-0.25, -0.2) is 4.57 Å². The number of aliphatic hydroxyl groups is 1. The van der Waals surface area contributed by atoms with Crippen LogP contribution in [-0.4, -0.2) is 73.4 Å². The van der Waals surface area contributed by atoms with Crippen LogP contribution in [0.25, 0.3) is 0 Å². The number of hydrogen-bond donors (Lipinski definition) is 3. The van der Waals surface area contributed by atoms with E-state index in [0.717, 1.165) is 116 Å². The molecule has 0 aliphatic rings. The van der Waals surface area contributed by atoms with Gasteiger partial charge in [0.1, 0.15) is 13.2 Å². The van der Waals surface area contributed by atoms with E-state index in [0.29, 0.717) is 23.9 Å². The summed E-state index contributed by atoms with van der Waals surface area (Å²) >= 11 is 0. The van der Waals surface area contributed by atoms with Crippen molar-refractivity contribution >= 4 is 13.7 Å². The van der Waals surface area contributed by atoms with Crippen LogP contribution >= 0.6 is 7.82 Å². The minimum atomic E-state index is -4.35. The lowest BCUT2D eigenvalue weighted by molar-refractivity contribution is -0.870. The number of rotatable bonds is 42. The van der Waals surface area contributed by atoms with Gasteiger partial charge in [-0.05, 0) is 103 Å². The summed E-state index contributed by atoms with van der Waals surface area (Å²) in [6.45, 7) is 4.54. The van der Waals surface area contributed by atoms with E-state index < -0.39 is 20.0 Å². The van der Waals surface area contributed by atoms with E-state index in [9.17, 15) is 19.4 Å². The minimum absolute atomic E-state index is 0.0455. The predicted octanol–water partition coefficient (Wildman–Crippen LogP) is 14.6. The summed E-state index contributed by atoms with van der Waals surface area (Å²) in [5.41, 5.74) is 0. The van der Waals surface area contributed by atoms with E-state index in [4.69, 9.17) is 9.05 Å². The molecule has 0 rings (SSSR count). The van der Waals surface area contributed by atoms with Gasteiger partial charge in [-0.15, -0.1) is 0 Å². The number of carbonyl (C=O) groups excluding carboxylic acids is 1. The first-order valence-electron chi connectivity index (χ1n) is 24.7. The van der Waals surface area contributed by atoms with Crippen molar-refractivity contribution in [1.29, 1.82) is 0 Å². The summed E-state index contributed by atoms with van der Waals surface area (Å²) in [5.74, 6) is -0.223. The molecule has 0 aromatic carbocycles. The number of nitrogens with one attached hydrogen (secondary N) is 1. The normalized spacial score (nSPS) is 15.4. The molecular formula is C56H92N2O6P+. The first kappa shape index (κ1) is 61.4. The van der Waals surface area contributed by atoms with Gasteiger partial charge in [0.2, 0.25) is 5.91 Å². The number of aliphatic hydroxyl groups excluding tert-OH is 1. The zero-order valence-electron chi connectivity index (χ0n) is 41.4. The molecule has 65 heavy (non-hydrogen) atoms. The van der Waals surface area contributed by atoms with E-state index in [1.165, 1.54) is 6.42 Å². The van der Waals surface area contributed by atoms with Gasteiger partial charge in [0, 0.05) is 6.42 Å². The molecule has 3 unspecified atom stereocenters. The Hall–Kier alpha value is -3.62. The van der Waals surface area contributed by atoms with Crippen molar-refractivity contribution in [3.63, 3.8) is 0 Å². The fourth-order valence-electron chi connectivity index (χ4n) is 5.92. The number of nitrogens with zero attached hydrogens (tertiary/aromatic N) is 1. The lowest BCUT2D eigenvalue weighted by atomic mass is 10.1. The van der Waals surface area contributed by atoms with Crippen LogP contribution in [0.3, 0.4) is 0 Å². The Morgan fingerprint density at radius 1 is 0.538 bits per heavy atom. The minimum Gasteiger partial charge on any atom is -0.387 e. The Balaban J connectivity index is 4.14. The second-order valence-electron chi connectivity index (χ2n) is 17.1. The first-order chi connectivity index (χ1) is 31.5. The van der Waals surface area contributed by atoms with Crippen molar-refractivity contribution in [1.82, 2.24) is 5.32 Å². The van der Waals surface area contributed by atoms with Gasteiger partial charge < -0.3 is 19.8 Å². The van der Waals surface area contributed by atoms with E-state index in [1.54, 1.807) is 6.08 Å². The fraction of sp³-hybridized carbons (Fsp3) is 0.554. The van der Waals surface area contributed by atoms with Crippen molar-refractivity contribution in [3.8, 4) is 0 Å². The Kier molecular flexibility index (Phi) is 43.0. The quantitative estimate of drug-likeness (QED) is 0.0244. The van der Waals surface area contributed by atoms with Crippen molar-refractivity contribution < 1.29 is 32.9 Å². The molecule has 0 bridgehead atoms. The van der Waals surface area contributed by atoms with E-state index >= 15 is 0 Å². The maximum absolute atomic E-state index is 12.8. The Morgan fingerprint density at radius 2 is 0.923 bits per heavy atom. The van der Waals surface area contributed by atoms with E-state index in [1.807, 2.05) is 27.2 Å². The van der Waals surface area contributed by atoms with Gasteiger partial charge in [-0.2, -0.15) is 0 Å². The van der Waals surface area contributed by atoms with E-state index in [-0.39, 0.29) is 19.1 Å². The molecule has 366 valence electrons.